The average molecular weight is 436 g/mol. The lowest BCUT2D eigenvalue weighted by Gasteiger charge is -2.28. The molecule has 1 aromatic heterocycles. The number of hydrogen-bond acceptors (Lipinski definition) is 2. The van der Waals surface area contributed by atoms with Crippen LogP contribution in [0.2, 0.25) is 0 Å². The summed E-state index contributed by atoms with van der Waals surface area (Å²) >= 11 is 0. The number of aromatic nitrogens is 3. The van der Waals surface area contributed by atoms with Crippen molar-refractivity contribution in [3.63, 3.8) is 0 Å². The maximum atomic E-state index is 13.7. The first-order valence-electron chi connectivity index (χ1n) is 11.4. The fourth-order valence-electron chi connectivity index (χ4n) is 5.65. The zero-order valence-corrected chi connectivity index (χ0v) is 18.4. The molecule has 0 amide bonds. The van der Waals surface area contributed by atoms with Gasteiger partial charge in [-0.1, -0.05) is 91.0 Å². The molecule has 33 heavy (non-hydrogen) atoms. The second-order valence-corrected chi connectivity index (χ2v) is 9.06. The molecule has 2 aliphatic rings. The molecule has 0 saturated heterocycles. The van der Waals surface area contributed by atoms with Gasteiger partial charge < -0.3 is 0 Å². The SMILES string of the molecule is CC1C=CC(C2CC2(c2ccccc2)c2ccccc2)n2c(=O)n(-c3ccccc3)c(=O)n21. The Labute approximate surface area is 191 Å². The van der Waals surface area contributed by atoms with E-state index >= 15 is 0 Å². The molecule has 1 fully saturated rings. The third-order valence-electron chi connectivity index (χ3n) is 7.28. The monoisotopic (exact) mass is 435 g/mol. The van der Waals surface area contributed by atoms with Crippen LogP contribution in [0.3, 0.4) is 0 Å². The molecule has 1 aliphatic carbocycles. The topological polar surface area (TPSA) is 48.9 Å². The van der Waals surface area contributed by atoms with Gasteiger partial charge in [-0.2, -0.15) is 0 Å². The van der Waals surface area contributed by atoms with E-state index in [1.165, 1.54) is 15.7 Å². The van der Waals surface area contributed by atoms with Crippen molar-refractivity contribution < 1.29 is 0 Å². The molecule has 3 aromatic carbocycles. The number of fused-ring (bicyclic) bond motifs is 1. The van der Waals surface area contributed by atoms with Crippen molar-refractivity contribution in [1.29, 1.82) is 0 Å². The Balaban J connectivity index is 1.52. The summed E-state index contributed by atoms with van der Waals surface area (Å²) < 4.78 is 4.61. The van der Waals surface area contributed by atoms with Gasteiger partial charge in [0.15, 0.2) is 0 Å². The third-order valence-corrected chi connectivity index (χ3v) is 7.28. The van der Waals surface area contributed by atoms with Gasteiger partial charge in [-0.05, 0) is 42.5 Å². The minimum Gasteiger partial charge on any atom is -0.245 e. The average Bonchev–Trinajstić information content (AvgIpc) is 3.56. The molecule has 0 spiro atoms. The van der Waals surface area contributed by atoms with Crippen molar-refractivity contribution in [2.24, 2.45) is 5.92 Å². The molecule has 5 heteroatoms. The Morgan fingerprint density at radius 1 is 0.697 bits per heavy atom. The van der Waals surface area contributed by atoms with Crippen molar-refractivity contribution in [3.8, 4) is 5.69 Å². The molecule has 3 unspecified atom stereocenters. The molecular formula is C28H25N3O2. The van der Waals surface area contributed by atoms with Crippen LogP contribution in [0.1, 0.15) is 36.6 Å². The first kappa shape index (κ1) is 19.8. The number of hydrogen-bond donors (Lipinski definition) is 0. The molecule has 2 heterocycles. The zero-order valence-electron chi connectivity index (χ0n) is 18.4. The summed E-state index contributed by atoms with van der Waals surface area (Å²) in [5, 5.41) is 0. The summed E-state index contributed by atoms with van der Waals surface area (Å²) in [6, 6.07) is 29.8. The largest absolute Gasteiger partial charge is 0.352 e. The van der Waals surface area contributed by atoms with Crippen LogP contribution in [0.4, 0.5) is 0 Å². The van der Waals surface area contributed by atoms with Gasteiger partial charge in [0.1, 0.15) is 0 Å². The highest BCUT2D eigenvalue weighted by molar-refractivity contribution is 5.48. The van der Waals surface area contributed by atoms with Crippen LogP contribution in [0.5, 0.6) is 0 Å². The lowest BCUT2D eigenvalue weighted by atomic mass is 9.84. The highest BCUT2D eigenvalue weighted by Gasteiger charge is 2.60. The molecule has 6 rings (SSSR count). The summed E-state index contributed by atoms with van der Waals surface area (Å²) in [6.45, 7) is 1.95. The van der Waals surface area contributed by atoms with Gasteiger partial charge in [0.2, 0.25) is 0 Å². The molecular weight excluding hydrogens is 410 g/mol. The van der Waals surface area contributed by atoms with Crippen LogP contribution in [-0.4, -0.2) is 13.9 Å². The fourth-order valence-corrected chi connectivity index (χ4v) is 5.65. The van der Waals surface area contributed by atoms with Gasteiger partial charge in [0.05, 0.1) is 17.8 Å². The van der Waals surface area contributed by atoms with E-state index in [2.05, 4.69) is 60.7 Å². The molecule has 0 N–H and O–H groups in total. The smallest absolute Gasteiger partial charge is 0.245 e. The van der Waals surface area contributed by atoms with Crippen molar-refractivity contribution in [3.05, 3.63) is 135 Å². The van der Waals surface area contributed by atoms with Gasteiger partial charge >= 0.3 is 11.4 Å². The third kappa shape index (κ3) is 2.85. The van der Waals surface area contributed by atoms with Crippen LogP contribution < -0.4 is 11.4 Å². The van der Waals surface area contributed by atoms with Crippen LogP contribution in [0.25, 0.3) is 5.69 Å². The standard InChI is InChI=1S/C28H25N3O2/c1-20-17-18-25(31-27(33)29(26(32)30(20)31)23-15-9-4-10-16-23)24-19-28(24,21-11-5-2-6-12-21)22-13-7-3-8-14-22/h2-18,20,24-25H,19H2,1H3. The Hall–Kier alpha value is -3.86. The quantitative estimate of drug-likeness (QED) is 0.444. The maximum Gasteiger partial charge on any atom is 0.352 e. The van der Waals surface area contributed by atoms with Crippen molar-refractivity contribution >= 4 is 0 Å². The highest BCUT2D eigenvalue weighted by atomic mass is 16.2. The molecule has 4 aromatic rings. The van der Waals surface area contributed by atoms with E-state index in [-0.39, 0.29) is 34.8 Å². The normalized spacial score (nSPS) is 22.6. The maximum absolute atomic E-state index is 13.7. The van der Waals surface area contributed by atoms with E-state index in [0.717, 1.165) is 6.42 Å². The van der Waals surface area contributed by atoms with Crippen molar-refractivity contribution in [2.45, 2.75) is 30.8 Å². The first-order valence-corrected chi connectivity index (χ1v) is 11.4. The zero-order chi connectivity index (χ0) is 22.6. The first-order chi connectivity index (χ1) is 16.1. The Morgan fingerprint density at radius 2 is 1.21 bits per heavy atom. The second kappa shape index (κ2) is 7.34. The molecule has 5 nitrogen and oxygen atoms in total. The Morgan fingerprint density at radius 3 is 1.79 bits per heavy atom. The van der Waals surface area contributed by atoms with E-state index in [1.54, 1.807) is 21.5 Å². The van der Waals surface area contributed by atoms with Crippen LogP contribution in [-0.2, 0) is 5.41 Å². The van der Waals surface area contributed by atoms with Gasteiger partial charge in [-0.15, -0.1) is 0 Å². The van der Waals surface area contributed by atoms with E-state index in [1.807, 2.05) is 37.3 Å². The summed E-state index contributed by atoms with van der Waals surface area (Å²) in [7, 11) is 0. The van der Waals surface area contributed by atoms with Gasteiger partial charge in [0.25, 0.3) is 0 Å². The predicted octanol–water partition coefficient (Wildman–Crippen LogP) is 4.48. The van der Waals surface area contributed by atoms with Crippen LogP contribution >= 0.6 is 0 Å². The molecule has 0 radical (unpaired) electrons. The van der Waals surface area contributed by atoms with E-state index in [0.29, 0.717) is 5.69 Å². The number of nitrogens with zero attached hydrogens (tertiary/aromatic N) is 3. The summed E-state index contributed by atoms with van der Waals surface area (Å²) in [4.78, 5) is 27.1. The number of allylic oxidation sites excluding steroid dienone is 2. The fraction of sp³-hybridized carbons (Fsp3) is 0.214. The van der Waals surface area contributed by atoms with Crippen molar-refractivity contribution in [2.75, 3.05) is 0 Å². The molecule has 1 saturated carbocycles. The molecule has 3 atom stereocenters. The Bertz CT molecular complexity index is 1410. The van der Waals surface area contributed by atoms with Gasteiger partial charge in [-0.25, -0.2) is 23.5 Å². The highest BCUT2D eigenvalue weighted by Crippen LogP contribution is 2.63. The molecule has 164 valence electrons. The summed E-state index contributed by atoms with van der Waals surface area (Å²) in [5.41, 5.74) is 2.33. The van der Waals surface area contributed by atoms with E-state index in [9.17, 15) is 9.59 Å². The minimum atomic E-state index is -0.293. The number of rotatable bonds is 4. The minimum absolute atomic E-state index is 0.168. The lowest BCUT2D eigenvalue weighted by Crippen LogP contribution is -2.36. The molecule has 1 aliphatic heterocycles. The van der Waals surface area contributed by atoms with E-state index < -0.39 is 0 Å². The van der Waals surface area contributed by atoms with Crippen molar-refractivity contribution in [1.82, 2.24) is 13.9 Å². The summed E-state index contributed by atoms with van der Waals surface area (Å²) in [6.07, 6.45) is 5.10. The lowest BCUT2D eigenvalue weighted by molar-refractivity contribution is 0.327. The second-order valence-electron chi connectivity index (χ2n) is 9.06. The van der Waals surface area contributed by atoms with Gasteiger partial charge in [0, 0.05) is 5.41 Å². The van der Waals surface area contributed by atoms with Gasteiger partial charge in [-0.3, -0.25) is 0 Å². The number of benzene rings is 3. The van der Waals surface area contributed by atoms with Crippen LogP contribution in [0.15, 0.2) is 113 Å². The number of para-hydroxylation sites is 1. The summed E-state index contributed by atoms with van der Waals surface area (Å²) in [5.74, 6) is 0.168. The van der Waals surface area contributed by atoms with E-state index in [4.69, 9.17) is 0 Å². The molecule has 0 bridgehead atoms. The Kier molecular flexibility index (Phi) is 4.40. The van der Waals surface area contributed by atoms with Crippen LogP contribution in [0, 0.1) is 5.92 Å². The predicted molar refractivity (Wildman–Crippen MR) is 129 cm³/mol.